The first-order valence-corrected chi connectivity index (χ1v) is 6.22. The smallest absolute Gasteiger partial charge is 0.348 e. The minimum atomic E-state index is -0.905. The highest BCUT2D eigenvalue weighted by atomic mass is 16.4. The molecular formula is C13H20N2O3. The maximum absolute atomic E-state index is 12.0. The third-order valence-electron chi connectivity index (χ3n) is 3.34. The first-order chi connectivity index (χ1) is 8.42. The van der Waals surface area contributed by atoms with Crippen LogP contribution in [0.5, 0.6) is 0 Å². The van der Waals surface area contributed by atoms with Crippen molar-refractivity contribution in [3.05, 3.63) is 27.4 Å². The van der Waals surface area contributed by atoms with Crippen molar-refractivity contribution >= 4 is 5.97 Å². The molecule has 1 rings (SSSR count). The Morgan fingerprint density at radius 1 is 1.33 bits per heavy atom. The third kappa shape index (κ3) is 2.78. The van der Waals surface area contributed by atoms with Gasteiger partial charge in [0.15, 0.2) is 0 Å². The second-order valence-electron chi connectivity index (χ2n) is 4.45. The van der Waals surface area contributed by atoms with Crippen LogP contribution in [0.4, 0.5) is 0 Å². The quantitative estimate of drug-likeness (QED) is 0.868. The lowest BCUT2D eigenvalue weighted by molar-refractivity contribution is -0.136. The summed E-state index contributed by atoms with van der Waals surface area (Å²) in [5.74, 6) is -0.905. The van der Waals surface area contributed by atoms with Crippen molar-refractivity contribution in [3.63, 3.8) is 0 Å². The number of carbonyl (C=O) groups is 1. The number of carboxylic acids is 1. The van der Waals surface area contributed by atoms with E-state index in [2.05, 4.69) is 4.98 Å². The lowest BCUT2D eigenvalue weighted by Gasteiger charge is -2.21. The molecular weight excluding hydrogens is 232 g/mol. The van der Waals surface area contributed by atoms with Crippen LogP contribution in [-0.4, -0.2) is 20.6 Å². The first-order valence-electron chi connectivity index (χ1n) is 6.22. The van der Waals surface area contributed by atoms with E-state index in [9.17, 15) is 9.59 Å². The molecule has 1 aromatic heterocycles. The summed E-state index contributed by atoms with van der Waals surface area (Å²) in [5, 5.41) is 8.91. The molecule has 0 fully saturated rings. The molecule has 0 saturated heterocycles. The van der Waals surface area contributed by atoms with Gasteiger partial charge in [0.05, 0.1) is 6.42 Å². The van der Waals surface area contributed by atoms with Gasteiger partial charge < -0.3 is 5.11 Å². The molecule has 0 amide bonds. The zero-order valence-electron chi connectivity index (χ0n) is 11.4. The highest BCUT2D eigenvalue weighted by Gasteiger charge is 2.18. The van der Waals surface area contributed by atoms with Crippen molar-refractivity contribution in [2.75, 3.05) is 0 Å². The average Bonchev–Trinajstić information content (AvgIpc) is 2.29. The number of hydrogen-bond acceptors (Lipinski definition) is 3. The molecule has 0 spiro atoms. The second-order valence-corrected chi connectivity index (χ2v) is 4.45. The summed E-state index contributed by atoms with van der Waals surface area (Å²) in [6, 6.07) is 0.0816. The fourth-order valence-corrected chi connectivity index (χ4v) is 2.31. The van der Waals surface area contributed by atoms with Gasteiger partial charge in [0.25, 0.3) is 0 Å². The minimum Gasteiger partial charge on any atom is -0.481 e. The maximum Gasteiger partial charge on any atom is 0.348 e. The largest absolute Gasteiger partial charge is 0.481 e. The van der Waals surface area contributed by atoms with Gasteiger partial charge in [0.1, 0.15) is 0 Å². The van der Waals surface area contributed by atoms with Crippen LogP contribution in [0.25, 0.3) is 0 Å². The van der Waals surface area contributed by atoms with Gasteiger partial charge in [-0.05, 0) is 26.7 Å². The van der Waals surface area contributed by atoms with E-state index in [4.69, 9.17) is 5.11 Å². The fraction of sp³-hybridized carbons (Fsp3) is 0.615. The molecule has 1 N–H and O–H groups in total. The van der Waals surface area contributed by atoms with E-state index in [-0.39, 0.29) is 18.2 Å². The van der Waals surface area contributed by atoms with Gasteiger partial charge in [-0.15, -0.1) is 0 Å². The number of aromatic nitrogens is 2. The van der Waals surface area contributed by atoms with Gasteiger partial charge in [-0.3, -0.25) is 9.36 Å². The molecule has 18 heavy (non-hydrogen) atoms. The predicted octanol–water partition coefficient (Wildman–Crippen LogP) is 1.85. The van der Waals surface area contributed by atoms with Gasteiger partial charge in [-0.2, -0.15) is 4.98 Å². The predicted molar refractivity (Wildman–Crippen MR) is 68.9 cm³/mol. The summed E-state index contributed by atoms with van der Waals surface area (Å²) in [4.78, 5) is 26.8. The van der Waals surface area contributed by atoms with Crippen molar-refractivity contribution in [2.45, 2.75) is 53.0 Å². The van der Waals surface area contributed by atoms with Crippen LogP contribution in [0.15, 0.2) is 4.79 Å². The summed E-state index contributed by atoms with van der Waals surface area (Å²) in [6.45, 7) is 7.50. The van der Waals surface area contributed by atoms with Gasteiger partial charge in [-0.1, -0.05) is 13.8 Å². The summed E-state index contributed by atoms with van der Waals surface area (Å²) in [7, 11) is 0. The van der Waals surface area contributed by atoms with Crippen LogP contribution >= 0.6 is 0 Å². The van der Waals surface area contributed by atoms with Crippen LogP contribution in [0.1, 0.15) is 49.7 Å². The SMILES string of the molecule is CCC(CC)n1c(C)c(CC(=O)O)c(C)nc1=O. The molecule has 1 aromatic rings. The summed E-state index contributed by atoms with van der Waals surface area (Å²) >= 11 is 0. The van der Waals surface area contributed by atoms with Crippen LogP contribution < -0.4 is 5.69 Å². The number of rotatable bonds is 5. The Kier molecular flexibility index (Phi) is 4.64. The number of nitrogens with zero attached hydrogens (tertiary/aromatic N) is 2. The van der Waals surface area contributed by atoms with E-state index < -0.39 is 5.97 Å². The molecule has 0 aliphatic carbocycles. The standard InChI is InChI=1S/C13H20N2O3/c1-5-10(6-2)15-9(4)11(7-12(16)17)8(3)14-13(15)18/h10H,5-7H2,1-4H3,(H,16,17). The lowest BCUT2D eigenvalue weighted by atomic mass is 10.1. The molecule has 1 heterocycles. The molecule has 0 aliphatic rings. The van der Waals surface area contributed by atoms with E-state index in [0.29, 0.717) is 11.3 Å². The van der Waals surface area contributed by atoms with E-state index in [1.54, 1.807) is 18.4 Å². The van der Waals surface area contributed by atoms with Crippen LogP contribution in [-0.2, 0) is 11.2 Å². The molecule has 0 bridgehead atoms. The highest BCUT2D eigenvalue weighted by Crippen LogP contribution is 2.19. The van der Waals surface area contributed by atoms with Crippen LogP contribution in [0, 0.1) is 13.8 Å². The van der Waals surface area contributed by atoms with E-state index in [1.807, 2.05) is 13.8 Å². The van der Waals surface area contributed by atoms with Crippen molar-refractivity contribution in [1.82, 2.24) is 9.55 Å². The zero-order chi connectivity index (χ0) is 13.9. The van der Waals surface area contributed by atoms with Gasteiger partial charge in [-0.25, -0.2) is 4.79 Å². The summed E-state index contributed by atoms with van der Waals surface area (Å²) in [6.07, 6.45) is 1.56. The van der Waals surface area contributed by atoms with Gasteiger partial charge >= 0.3 is 11.7 Å². The maximum atomic E-state index is 12.0. The fourth-order valence-electron chi connectivity index (χ4n) is 2.31. The molecule has 0 aliphatic heterocycles. The molecule has 0 saturated carbocycles. The molecule has 0 aromatic carbocycles. The first kappa shape index (κ1) is 14.4. The minimum absolute atomic E-state index is 0.0816. The van der Waals surface area contributed by atoms with Crippen molar-refractivity contribution in [3.8, 4) is 0 Å². The normalized spacial score (nSPS) is 10.9. The average molecular weight is 252 g/mol. The van der Waals surface area contributed by atoms with Crippen LogP contribution in [0.2, 0.25) is 0 Å². The number of aryl methyl sites for hydroxylation is 1. The summed E-state index contributed by atoms with van der Waals surface area (Å²) in [5.41, 5.74) is 1.60. The Balaban J connectivity index is 3.43. The number of carboxylic acid groups (broad SMARTS) is 1. The van der Waals surface area contributed by atoms with E-state index >= 15 is 0 Å². The van der Waals surface area contributed by atoms with Gasteiger partial charge in [0.2, 0.25) is 0 Å². The van der Waals surface area contributed by atoms with Crippen molar-refractivity contribution in [2.24, 2.45) is 0 Å². The van der Waals surface area contributed by atoms with Gasteiger partial charge in [0, 0.05) is 23.0 Å². The van der Waals surface area contributed by atoms with Crippen LogP contribution in [0.3, 0.4) is 0 Å². The Bertz CT molecular complexity index is 502. The molecule has 100 valence electrons. The van der Waals surface area contributed by atoms with E-state index in [1.165, 1.54) is 0 Å². The molecule has 0 unspecified atom stereocenters. The zero-order valence-corrected chi connectivity index (χ0v) is 11.4. The monoisotopic (exact) mass is 252 g/mol. The number of aliphatic carboxylic acids is 1. The number of hydrogen-bond donors (Lipinski definition) is 1. The third-order valence-corrected chi connectivity index (χ3v) is 3.34. The Morgan fingerprint density at radius 2 is 1.89 bits per heavy atom. The highest BCUT2D eigenvalue weighted by molar-refractivity contribution is 5.70. The molecule has 5 heteroatoms. The Labute approximate surface area is 106 Å². The Morgan fingerprint density at radius 3 is 2.33 bits per heavy atom. The lowest BCUT2D eigenvalue weighted by Crippen LogP contribution is -2.31. The van der Waals surface area contributed by atoms with Crippen molar-refractivity contribution < 1.29 is 9.90 Å². The Hall–Kier alpha value is -1.65. The molecule has 0 radical (unpaired) electrons. The van der Waals surface area contributed by atoms with Crippen molar-refractivity contribution in [1.29, 1.82) is 0 Å². The second kappa shape index (κ2) is 5.80. The van der Waals surface area contributed by atoms with E-state index in [0.717, 1.165) is 18.5 Å². The summed E-state index contributed by atoms with van der Waals surface area (Å²) < 4.78 is 1.63. The molecule has 0 atom stereocenters. The topological polar surface area (TPSA) is 72.2 Å². The molecule has 5 nitrogen and oxygen atoms in total.